The highest BCUT2D eigenvalue weighted by molar-refractivity contribution is 7.11. The molecule has 2 heterocycles. The van der Waals surface area contributed by atoms with Gasteiger partial charge in [0.2, 0.25) is 0 Å². The summed E-state index contributed by atoms with van der Waals surface area (Å²) in [6.45, 7) is 1.95. The highest BCUT2D eigenvalue weighted by Gasteiger charge is 2.17. The molecule has 4 rings (SSSR count). The number of methoxy groups -OCH3 is 1. The maximum atomic E-state index is 8.76. The third-order valence-electron chi connectivity index (χ3n) is 4.67. The molecule has 0 aliphatic rings. The maximum Gasteiger partial charge on any atom is 0.174 e. The van der Waals surface area contributed by atoms with E-state index in [2.05, 4.69) is 16.7 Å². The Kier molecular flexibility index (Phi) is 5.50. The molecular weight excluding hydrogens is 396 g/mol. The zero-order valence-electron chi connectivity index (χ0n) is 16.9. The van der Waals surface area contributed by atoms with E-state index in [0.29, 0.717) is 11.5 Å². The minimum absolute atomic E-state index is 0.0327. The molecule has 0 unspecified atom stereocenters. The van der Waals surface area contributed by atoms with E-state index in [1.165, 1.54) is 0 Å². The fraction of sp³-hybridized carbons (Fsp3) is 0.174. The highest BCUT2D eigenvalue weighted by atomic mass is 32.1. The van der Waals surface area contributed by atoms with Gasteiger partial charge in [-0.2, -0.15) is 5.26 Å². The lowest BCUT2D eigenvalue weighted by molar-refractivity contribution is 0.329. The van der Waals surface area contributed by atoms with Crippen LogP contribution in [0.5, 0.6) is 11.5 Å². The quantitative estimate of drug-likeness (QED) is 0.450. The first-order valence-corrected chi connectivity index (χ1v) is 10.2. The molecule has 150 valence electrons. The lowest BCUT2D eigenvalue weighted by atomic mass is 10.1. The number of aromatic nitrogens is 3. The summed E-state index contributed by atoms with van der Waals surface area (Å²) in [5.41, 5.74) is 4.82. The highest BCUT2D eigenvalue weighted by Crippen LogP contribution is 2.33. The third kappa shape index (κ3) is 3.78. The molecule has 0 amide bonds. The van der Waals surface area contributed by atoms with Crippen molar-refractivity contribution in [3.8, 4) is 17.6 Å². The van der Waals surface area contributed by atoms with Crippen LogP contribution < -0.4 is 9.47 Å². The third-order valence-corrected chi connectivity index (χ3v) is 5.66. The van der Waals surface area contributed by atoms with Crippen LogP contribution in [-0.4, -0.2) is 28.3 Å². The van der Waals surface area contributed by atoms with Gasteiger partial charge >= 0.3 is 0 Å². The van der Waals surface area contributed by atoms with Gasteiger partial charge in [0, 0.05) is 18.1 Å². The van der Waals surface area contributed by atoms with Crippen LogP contribution in [0.4, 0.5) is 0 Å². The van der Waals surface area contributed by atoms with Crippen LogP contribution in [0.1, 0.15) is 22.1 Å². The molecule has 0 bridgehead atoms. The van der Waals surface area contributed by atoms with Crippen LogP contribution >= 0.6 is 11.3 Å². The smallest absolute Gasteiger partial charge is 0.174 e. The van der Waals surface area contributed by atoms with Gasteiger partial charge in [-0.1, -0.05) is 18.2 Å². The van der Waals surface area contributed by atoms with Gasteiger partial charge in [0.15, 0.2) is 18.1 Å². The van der Waals surface area contributed by atoms with Crippen molar-refractivity contribution in [1.82, 2.24) is 14.5 Å². The Labute approximate surface area is 178 Å². The van der Waals surface area contributed by atoms with Gasteiger partial charge in [0.1, 0.15) is 16.9 Å². The first-order chi connectivity index (χ1) is 14.6. The van der Waals surface area contributed by atoms with Crippen molar-refractivity contribution < 1.29 is 9.47 Å². The Hall–Kier alpha value is -3.63. The largest absolute Gasteiger partial charge is 0.493 e. The number of benzene rings is 2. The van der Waals surface area contributed by atoms with Crippen LogP contribution in [0.25, 0.3) is 22.7 Å². The summed E-state index contributed by atoms with van der Waals surface area (Å²) in [7, 11) is 3.59. The van der Waals surface area contributed by atoms with Crippen LogP contribution in [0.2, 0.25) is 0 Å². The molecule has 0 atom stereocenters. The lowest BCUT2D eigenvalue weighted by Gasteiger charge is -2.10. The second-order valence-corrected chi connectivity index (χ2v) is 7.55. The van der Waals surface area contributed by atoms with Crippen LogP contribution in [0.15, 0.2) is 47.8 Å². The molecule has 0 saturated heterocycles. The van der Waals surface area contributed by atoms with E-state index in [9.17, 15) is 0 Å². The lowest BCUT2D eigenvalue weighted by Crippen LogP contribution is -1.99. The summed E-state index contributed by atoms with van der Waals surface area (Å²) in [6, 6.07) is 15.7. The summed E-state index contributed by atoms with van der Waals surface area (Å²) >= 11 is 1.59. The van der Waals surface area contributed by atoms with E-state index in [4.69, 9.17) is 24.7 Å². The minimum atomic E-state index is -0.0327. The number of ether oxygens (including phenoxy) is 2. The van der Waals surface area contributed by atoms with E-state index in [1.807, 2.05) is 61.8 Å². The summed E-state index contributed by atoms with van der Waals surface area (Å²) in [5, 5.41) is 11.7. The zero-order chi connectivity index (χ0) is 21.1. The molecule has 0 aliphatic heterocycles. The van der Waals surface area contributed by atoms with Crippen molar-refractivity contribution in [1.29, 1.82) is 5.26 Å². The summed E-state index contributed by atoms with van der Waals surface area (Å²) in [6.07, 6.45) is 2.05. The van der Waals surface area contributed by atoms with Gasteiger partial charge in [0.25, 0.3) is 0 Å². The van der Waals surface area contributed by atoms with Gasteiger partial charge in [-0.05, 0) is 42.8 Å². The summed E-state index contributed by atoms with van der Waals surface area (Å²) in [5.74, 6) is 1.94. The van der Waals surface area contributed by atoms with Crippen molar-refractivity contribution >= 4 is 34.0 Å². The summed E-state index contributed by atoms with van der Waals surface area (Å²) in [4.78, 5) is 9.56. The van der Waals surface area contributed by atoms with Crippen molar-refractivity contribution in [3.63, 3.8) is 0 Å². The molecule has 2 aromatic carbocycles. The molecule has 0 aliphatic carbocycles. The van der Waals surface area contributed by atoms with Crippen LogP contribution in [0.3, 0.4) is 0 Å². The fourth-order valence-corrected chi connectivity index (χ4v) is 4.06. The second-order valence-electron chi connectivity index (χ2n) is 6.69. The number of aryl methyl sites for hydroxylation is 2. The maximum absolute atomic E-state index is 8.76. The van der Waals surface area contributed by atoms with Gasteiger partial charge in [-0.15, -0.1) is 11.3 Å². The monoisotopic (exact) mass is 416 g/mol. The SMILES string of the molecule is COc1cc(C=C(c2nc(C)cs2)c2nc3ccccc3n2C)ccc1OCC#N. The first-order valence-electron chi connectivity index (χ1n) is 9.34. The molecule has 6 nitrogen and oxygen atoms in total. The van der Waals surface area contributed by atoms with Crippen molar-refractivity contribution in [2.24, 2.45) is 7.05 Å². The molecule has 30 heavy (non-hydrogen) atoms. The topological polar surface area (TPSA) is 73.0 Å². The molecule has 2 aromatic heterocycles. The molecule has 0 N–H and O–H groups in total. The number of nitrogens with zero attached hydrogens (tertiary/aromatic N) is 4. The summed E-state index contributed by atoms with van der Waals surface area (Å²) < 4.78 is 13.0. The van der Waals surface area contributed by atoms with Gasteiger partial charge in [0.05, 0.1) is 23.7 Å². The number of fused-ring (bicyclic) bond motifs is 1. The number of para-hydroxylation sites is 2. The number of rotatable bonds is 6. The van der Waals surface area contributed by atoms with E-state index in [-0.39, 0.29) is 6.61 Å². The van der Waals surface area contributed by atoms with E-state index >= 15 is 0 Å². The Balaban J connectivity index is 1.85. The number of imidazole rings is 1. The Bertz CT molecular complexity index is 1280. The van der Waals surface area contributed by atoms with Crippen LogP contribution in [0, 0.1) is 18.3 Å². The van der Waals surface area contributed by atoms with Gasteiger partial charge in [-0.25, -0.2) is 9.97 Å². The van der Waals surface area contributed by atoms with E-state index in [0.717, 1.165) is 38.7 Å². The second kappa shape index (κ2) is 8.39. The predicted octanol–water partition coefficient (Wildman–Crippen LogP) is 4.84. The van der Waals surface area contributed by atoms with Gasteiger partial charge < -0.3 is 14.0 Å². The normalized spacial score (nSPS) is 11.5. The fourth-order valence-electron chi connectivity index (χ4n) is 3.26. The average molecular weight is 417 g/mol. The molecule has 7 heteroatoms. The molecular formula is C23H20N4O2S. The average Bonchev–Trinajstić information content (AvgIpc) is 3.34. The number of hydrogen-bond donors (Lipinski definition) is 0. The van der Waals surface area contributed by atoms with Gasteiger partial charge in [-0.3, -0.25) is 0 Å². The molecule has 4 aromatic rings. The number of nitriles is 1. The van der Waals surface area contributed by atoms with Crippen molar-refractivity contribution in [2.75, 3.05) is 13.7 Å². The Morgan fingerprint density at radius 1 is 1.20 bits per heavy atom. The molecule has 0 saturated carbocycles. The van der Waals surface area contributed by atoms with Crippen LogP contribution in [-0.2, 0) is 7.05 Å². The molecule has 0 fully saturated rings. The Morgan fingerprint density at radius 2 is 2.03 bits per heavy atom. The zero-order valence-corrected chi connectivity index (χ0v) is 17.7. The first kappa shape index (κ1) is 19.7. The van der Waals surface area contributed by atoms with Crippen molar-refractivity contribution in [3.05, 3.63) is 69.9 Å². The minimum Gasteiger partial charge on any atom is -0.493 e. The standard InChI is InChI=1S/C23H20N4O2S/c1-15-14-30-23(25-15)17(22-26-18-6-4-5-7-19(18)27(22)2)12-16-8-9-20(29-11-10-24)21(13-16)28-3/h4-9,12-14H,11H2,1-3H3. The number of thiazole rings is 1. The van der Waals surface area contributed by atoms with E-state index in [1.54, 1.807) is 18.4 Å². The number of hydrogen-bond acceptors (Lipinski definition) is 6. The molecule has 0 spiro atoms. The van der Waals surface area contributed by atoms with Crippen molar-refractivity contribution in [2.45, 2.75) is 6.92 Å². The van der Waals surface area contributed by atoms with E-state index < -0.39 is 0 Å². The molecule has 0 radical (unpaired) electrons. The Morgan fingerprint density at radius 3 is 2.73 bits per heavy atom. The predicted molar refractivity (Wildman–Crippen MR) is 119 cm³/mol.